The molecule has 27 heavy (non-hydrogen) atoms. The van der Waals surface area contributed by atoms with E-state index in [4.69, 9.17) is 5.26 Å². The van der Waals surface area contributed by atoms with Crippen molar-refractivity contribution in [3.63, 3.8) is 0 Å². The van der Waals surface area contributed by atoms with Gasteiger partial charge in [0, 0.05) is 16.6 Å². The largest absolute Gasteiger partial charge is 0.459 e. The minimum atomic E-state index is -5.97. The van der Waals surface area contributed by atoms with E-state index in [1.54, 1.807) is 6.07 Å². The lowest BCUT2D eigenvalue weighted by molar-refractivity contribution is -0.291. The number of alkyl halides is 7. The Morgan fingerprint density at radius 1 is 1.19 bits per heavy atom. The van der Waals surface area contributed by atoms with Crippen LogP contribution in [0.15, 0.2) is 33.8 Å². The maximum Gasteiger partial charge on any atom is 0.459 e. The Morgan fingerprint density at radius 2 is 1.81 bits per heavy atom. The number of aromatic nitrogens is 2. The molecule has 5 nitrogen and oxygen atoms in total. The molecule has 2 rings (SSSR count). The third-order valence-corrected chi connectivity index (χ3v) is 3.72. The van der Waals surface area contributed by atoms with Gasteiger partial charge >= 0.3 is 18.7 Å². The molecule has 0 atom stereocenters. The van der Waals surface area contributed by atoms with Crippen LogP contribution in [0.5, 0.6) is 5.75 Å². The third-order valence-electron chi connectivity index (χ3n) is 3.11. The zero-order chi connectivity index (χ0) is 20.6. The molecule has 1 heterocycles. The van der Waals surface area contributed by atoms with Crippen molar-refractivity contribution >= 4 is 15.9 Å². The van der Waals surface area contributed by atoms with Gasteiger partial charge in [-0.15, -0.1) is 0 Å². The second kappa shape index (κ2) is 7.18. The summed E-state index contributed by atoms with van der Waals surface area (Å²) in [6.45, 7) is -3.21. The Balaban J connectivity index is 2.61. The number of ether oxygens (including phenoxy) is 1. The molecule has 0 saturated carbocycles. The van der Waals surface area contributed by atoms with Gasteiger partial charge in [-0.25, -0.2) is 4.98 Å². The molecule has 13 heteroatoms. The molecule has 0 amide bonds. The smallest absolute Gasteiger partial charge is 0.435 e. The van der Waals surface area contributed by atoms with Crippen molar-refractivity contribution in [1.29, 1.82) is 5.26 Å². The highest BCUT2D eigenvalue weighted by Crippen LogP contribution is 2.42. The normalized spacial score (nSPS) is 12.1. The maximum atomic E-state index is 13.3. The molecule has 0 spiro atoms. The Morgan fingerprint density at radius 3 is 2.30 bits per heavy atom. The van der Waals surface area contributed by atoms with Crippen molar-refractivity contribution in [2.24, 2.45) is 0 Å². The van der Waals surface area contributed by atoms with Gasteiger partial charge in [0.15, 0.2) is 0 Å². The molecule has 0 radical (unpaired) electrons. The SMILES string of the molecule is N#Cc1cc(OC(F)F)cc(Br)c1-n1cnc(C(F)(F)C(F)(F)F)cc1=O. The molecule has 1 aromatic carbocycles. The highest BCUT2D eigenvalue weighted by atomic mass is 79.9. The number of hydrogen-bond donors (Lipinski definition) is 0. The fourth-order valence-corrected chi connectivity index (χ4v) is 2.59. The van der Waals surface area contributed by atoms with Crippen LogP contribution >= 0.6 is 15.9 Å². The molecule has 0 fully saturated rings. The van der Waals surface area contributed by atoms with Gasteiger partial charge in [-0.05, 0) is 22.0 Å². The Bertz CT molecular complexity index is 967. The molecule has 2 aromatic rings. The van der Waals surface area contributed by atoms with E-state index < -0.39 is 41.3 Å². The van der Waals surface area contributed by atoms with Crippen LogP contribution in [0, 0.1) is 11.3 Å². The van der Waals surface area contributed by atoms with Crippen molar-refractivity contribution < 1.29 is 35.5 Å². The van der Waals surface area contributed by atoms with E-state index in [-0.39, 0.29) is 16.2 Å². The van der Waals surface area contributed by atoms with E-state index in [9.17, 15) is 35.5 Å². The summed E-state index contributed by atoms with van der Waals surface area (Å²) in [5, 5.41) is 9.13. The van der Waals surface area contributed by atoms with Gasteiger partial charge in [-0.3, -0.25) is 9.36 Å². The van der Waals surface area contributed by atoms with Crippen LogP contribution in [-0.4, -0.2) is 22.3 Å². The minimum absolute atomic E-state index is 0.0371. The van der Waals surface area contributed by atoms with Gasteiger partial charge < -0.3 is 4.74 Å². The van der Waals surface area contributed by atoms with Gasteiger partial charge in [0.2, 0.25) is 0 Å². The van der Waals surface area contributed by atoms with E-state index in [1.807, 2.05) is 0 Å². The number of nitriles is 1. The van der Waals surface area contributed by atoms with Crippen LogP contribution in [0.2, 0.25) is 0 Å². The van der Waals surface area contributed by atoms with Crippen molar-refractivity contribution in [1.82, 2.24) is 9.55 Å². The lowest BCUT2D eigenvalue weighted by atomic mass is 10.1. The molecule has 0 N–H and O–H groups in total. The Kier molecular flexibility index (Phi) is 5.50. The molecule has 0 aliphatic rings. The first-order valence-corrected chi connectivity index (χ1v) is 7.40. The van der Waals surface area contributed by atoms with E-state index in [0.717, 1.165) is 12.1 Å². The summed E-state index contributed by atoms with van der Waals surface area (Å²) in [5.41, 5.74) is -3.90. The Labute approximate surface area is 153 Å². The van der Waals surface area contributed by atoms with E-state index in [0.29, 0.717) is 10.9 Å². The molecular weight excluding hydrogens is 455 g/mol. The first kappa shape index (κ1) is 20.7. The van der Waals surface area contributed by atoms with Gasteiger partial charge in [-0.1, -0.05) is 0 Å². The highest BCUT2D eigenvalue weighted by molar-refractivity contribution is 9.10. The molecule has 0 unspecified atom stereocenters. The van der Waals surface area contributed by atoms with Crippen molar-refractivity contribution in [3.8, 4) is 17.5 Å². The molecule has 1 aromatic heterocycles. The number of hydrogen-bond acceptors (Lipinski definition) is 4. The predicted octanol–water partition coefficient (Wildman–Crippen LogP) is 4.12. The van der Waals surface area contributed by atoms with Crippen molar-refractivity contribution in [2.75, 3.05) is 0 Å². The topological polar surface area (TPSA) is 67.9 Å². The quantitative estimate of drug-likeness (QED) is 0.645. The standard InChI is InChI=1S/C14H5BrF7N3O2/c15-8-2-7(27-12(16)17)1-6(4-23)11(8)25-5-24-9(3-10(25)26)13(18,19)14(20,21)22/h1-3,5,12H. The summed E-state index contributed by atoms with van der Waals surface area (Å²) in [6, 6.07) is 3.32. The molecule has 0 saturated heterocycles. The molecule has 0 bridgehead atoms. The maximum absolute atomic E-state index is 13.3. The summed E-state index contributed by atoms with van der Waals surface area (Å²) < 4.78 is 92.8. The summed E-state index contributed by atoms with van der Waals surface area (Å²) in [6.07, 6.45) is -5.60. The van der Waals surface area contributed by atoms with Gasteiger partial charge in [0.1, 0.15) is 23.8 Å². The Hall–Kier alpha value is -2.62. The third kappa shape index (κ3) is 4.05. The van der Waals surface area contributed by atoms with Crippen LogP contribution in [0.3, 0.4) is 0 Å². The van der Waals surface area contributed by atoms with Crippen LogP contribution in [0.1, 0.15) is 11.3 Å². The van der Waals surface area contributed by atoms with Gasteiger partial charge in [0.25, 0.3) is 5.56 Å². The number of benzene rings is 1. The lowest BCUT2D eigenvalue weighted by Gasteiger charge is -2.19. The molecule has 0 aliphatic carbocycles. The number of halogens is 8. The first-order valence-electron chi connectivity index (χ1n) is 6.61. The summed E-state index contributed by atoms with van der Waals surface area (Å²) in [7, 11) is 0. The summed E-state index contributed by atoms with van der Waals surface area (Å²) in [5.74, 6) is -5.81. The fourth-order valence-electron chi connectivity index (χ4n) is 1.96. The van der Waals surface area contributed by atoms with Crippen molar-refractivity contribution in [2.45, 2.75) is 18.7 Å². The van der Waals surface area contributed by atoms with Crippen LogP contribution in [-0.2, 0) is 5.92 Å². The highest BCUT2D eigenvalue weighted by Gasteiger charge is 2.60. The zero-order valence-electron chi connectivity index (χ0n) is 12.6. The lowest BCUT2D eigenvalue weighted by Crippen LogP contribution is -2.36. The number of nitrogens with zero attached hydrogens (tertiary/aromatic N) is 3. The average Bonchev–Trinajstić information content (AvgIpc) is 2.53. The van der Waals surface area contributed by atoms with E-state index in [1.165, 1.54) is 0 Å². The molecule has 0 aliphatic heterocycles. The average molecular weight is 460 g/mol. The fraction of sp³-hybridized carbons (Fsp3) is 0.214. The minimum Gasteiger partial charge on any atom is -0.435 e. The zero-order valence-corrected chi connectivity index (χ0v) is 14.2. The number of rotatable bonds is 4. The van der Waals surface area contributed by atoms with E-state index in [2.05, 4.69) is 25.7 Å². The van der Waals surface area contributed by atoms with E-state index >= 15 is 0 Å². The first-order chi connectivity index (χ1) is 12.4. The van der Waals surface area contributed by atoms with Crippen LogP contribution < -0.4 is 10.3 Å². The molecular formula is C14H5BrF7N3O2. The second-order valence-corrected chi connectivity index (χ2v) is 5.70. The monoisotopic (exact) mass is 459 g/mol. The summed E-state index contributed by atoms with van der Waals surface area (Å²) >= 11 is 2.90. The summed E-state index contributed by atoms with van der Waals surface area (Å²) in [4.78, 5) is 15.0. The second-order valence-electron chi connectivity index (χ2n) is 4.85. The van der Waals surface area contributed by atoms with Crippen LogP contribution in [0.25, 0.3) is 5.69 Å². The molecule has 144 valence electrons. The van der Waals surface area contributed by atoms with Crippen molar-refractivity contribution in [3.05, 3.63) is 50.6 Å². The van der Waals surface area contributed by atoms with Crippen LogP contribution in [0.4, 0.5) is 30.7 Å². The van der Waals surface area contributed by atoms with Gasteiger partial charge in [0.05, 0.1) is 11.3 Å². The predicted molar refractivity (Wildman–Crippen MR) is 78.8 cm³/mol. The van der Waals surface area contributed by atoms with Gasteiger partial charge in [-0.2, -0.15) is 36.0 Å².